The number of rotatable bonds is 5. The summed E-state index contributed by atoms with van der Waals surface area (Å²) in [7, 11) is 0. The summed E-state index contributed by atoms with van der Waals surface area (Å²) < 4.78 is 0. The Morgan fingerprint density at radius 3 is 2.57 bits per heavy atom. The van der Waals surface area contributed by atoms with Gasteiger partial charge in [-0.15, -0.1) is 0 Å². The molecule has 1 atom stereocenters. The first-order valence-electron chi connectivity index (χ1n) is 5.27. The van der Waals surface area contributed by atoms with Crippen LogP contribution >= 0.6 is 11.6 Å². The monoisotopic (exact) mass is 211 g/mol. The Bertz CT molecular complexity index is 273. The fourth-order valence-corrected chi connectivity index (χ4v) is 1.82. The van der Waals surface area contributed by atoms with Crippen LogP contribution in [0.25, 0.3) is 0 Å². The molecule has 0 aliphatic heterocycles. The van der Waals surface area contributed by atoms with Crippen molar-refractivity contribution in [1.29, 1.82) is 0 Å². The molecule has 1 nitrogen and oxygen atoms in total. The summed E-state index contributed by atoms with van der Waals surface area (Å²) in [5.74, 6) is 0. The first-order chi connectivity index (χ1) is 6.79. The van der Waals surface area contributed by atoms with Gasteiger partial charge in [0, 0.05) is 11.1 Å². The van der Waals surface area contributed by atoms with Gasteiger partial charge in [-0.25, -0.2) is 0 Å². The predicted octanol–water partition coefficient (Wildman–Crippen LogP) is 3.79. The molecule has 1 rings (SSSR count). The van der Waals surface area contributed by atoms with E-state index in [1.54, 1.807) is 0 Å². The highest BCUT2D eigenvalue weighted by molar-refractivity contribution is 6.31. The number of benzene rings is 1. The third kappa shape index (κ3) is 3.00. The van der Waals surface area contributed by atoms with Gasteiger partial charge in [0.1, 0.15) is 0 Å². The van der Waals surface area contributed by atoms with Crippen molar-refractivity contribution >= 4 is 11.6 Å². The van der Waals surface area contributed by atoms with E-state index in [1.807, 2.05) is 18.2 Å². The van der Waals surface area contributed by atoms with Gasteiger partial charge in [0.05, 0.1) is 0 Å². The molecular formula is C12H18ClN. The van der Waals surface area contributed by atoms with Crippen molar-refractivity contribution in [3.8, 4) is 0 Å². The number of nitrogens with one attached hydrogen (secondary N) is 1. The van der Waals surface area contributed by atoms with Crippen LogP contribution in [0.4, 0.5) is 0 Å². The summed E-state index contributed by atoms with van der Waals surface area (Å²) in [5.41, 5.74) is 1.21. The van der Waals surface area contributed by atoms with E-state index in [0.29, 0.717) is 6.04 Å². The highest BCUT2D eigenvalue weighted by atomic mass is 35.5. The van der Waals surface area contributed by atoms with E-state index in [1.165, 1.54) is 5.56 Å². The molecule has 0 aliphatic carbocycles. The Labute approximate surface area is 91.5 Å². The Morgan fingerprint density at radius 1 is 1.29 bits per heavy atom. The second-order valence-corrected chi connectivity index (χ2v) is 3.84. The molecule has 0 amide bonds. The van der Waals surface area contributed by atoms with E-state index in [2.05, 4.69) is 25.2 Å². The molecule has 0 heterocycles. The largest absolute Gasteiger partial charge is 0.310 e. The van der Waals surface area contributed by atoms with Gasteiger partial charge < -0.3 is 5.32 Å². The van der Waals surface area contributed by atoms with Crippen LogP contribution in [-0.2, 0) is 0 Å². The first kappa shape index (κ1) is 11.5. The molecule has 1 aromatic rings. The zero-order chi connectivity index (χ0) is 10.4. The third-order valence-corrected chi connectivity index (χ3v) is 2.67. The molecule has 0 unspecified atom stereocenters. The highest BCUT2D eigenvalue weighted by Crippen LogP contribution is 2.24. The summed E-state index contributed by atoms with van der Waals surface area (Å²) in [6.45, 7) is 5.40. The molecule has 0 aliphatic rings. The van der Waals surface area contributed by atoms with Crippen LogP contribution in [-0.4, -0.2) is 6.54 Å². The summed E-state index contributed by atoms with van der Waals surface area (Å²) in [5, 5.41) is 4.36. The lowest BCUT2D eigenvalue weighted by Crippen LogP contribution is -2.21. The minimum Gasteiger partial charge on any atom is -0.310 e. The smallest absolute Gasteiger partial charge is 0.0453 e. The fraction of sp³-hybridized carbons (Fsp3) is 0.500. The average molecular weight is 212 g/mol. The molecule has 78 valence electrons. The van der Waals surface area contributed by atoms with E-state index in [-0.39, 0.29) is 0 Å². The van der Waals surface area contributed by atoms with Crippen molar-refractivity contribution in [1.82, 2.24) is 5.32 Å². The Kier molecular flexibility index (Phi) is 4.99. The number of halogens is 1. The van der Waals surface area contributed by atoms with Crippen molar-refractivity contribution in [2.75, 3.05) is 6.54 Å². The van der Waals surface area contributed by atoms with E-state index in [4.69, 9.17) is 11.6 Å². The lowest BCUT2D eigenvalue weighted by molar-refractivity contribution is 0.518. The molecule has 0 saturated heterocycles. The van der Waals surface area contributed by atoms with E-state index in [9.17, 15) is 0 Å². The molecule has 2 heteroatoms. The van der Waals surface area contributed by atoms with Gasteiger partial charge >= 0.3 is 0 Å². The van der Waals surface area contributed by atoms with Crippen molar-refractivity contribution < 1.29 is 0 Å². The standard InChI is InChI=1S/C12H18ClN/c1-3-9-14-12(4-2)10-7-5-6-8-11(10)13/h5-8,12,14H,3-4,9H2,1-2H3/t12-/m1/s1. The van der Waals surface area contributed by atoms with Crippen molar-refractivity contribution in [3.05, 3.63) is 34.9 Å². The Hall–Kier alpha value is -0.530. The molecule has 0 aromatic heterocycles. The van der Waals surface area contributed by atoms with Crippen molar-refractivity contribution in [2.24, 2.45) is 0 Å². The van der Waals surface area contributed by atoms with Gasteiger partial charge in [0.15, 0.2) is 0 Å². The van der Waals surface area contributed by atoms with Crippen LogP contribution in [0.1, 0.15) is 38.3 Å². The maximum Gasteiger partial charge on any atom is 0.0453 e. The number of hydrogen-bond acceptors (Lipinski definition) is 1. The summed E-state index contributed by atoms with van der Waals surface area (Å²) in [6, 6.07) is 8.45. The predicted molar refractivity (Wildman–Crippen MR) is 62.8 cm³/mol. The van der Waals surface area contributed by atoms with Gasteiger partial charge in [-0.2, -0.15) is 0 Å². The number of hydrogen-bond donors (Lipinski definition) is 1. The molecule has 1 aromatic carbocycles. The average Bonchev–Trinajstić information content (AvgIpc) is 2.21. The Balaban J connectivity index is 2.73. The first-order valence-corrected chi connectivity index (χ1v) is 5.65. The highest BCUT2D eigenvalue weighted by Gasteiger charge is 2.10. The topological polar surface area (TPSA) is 12.0 Å². The van der Waals surface area contributed by atoms with Crippen LogP contribution in [0.5, 0.6) is 0 Å². The molecule has 0 bridgehead atoms. The van der Waals surface area contributed by atoms with Gasteiger partial charge in [-0.1, -0.05) is 43.6 Å². The summed E-state index contributed by atoms with van der Waals surface area (Å²) in [6.07, 6.45) is 2.23. The maximum atomic E-state index is 6.14. The third-order valence-electron chi connectivity index (χ3n) is 2.33. The lowest BCUT2D eigenvalue weighted by atomic mass is 10.0. The molecule has 0 spiro atoms. The van der Waals surface area contributed by atoms with Crippen LogP contribution in [0.2, 0.25) is 5.02 Å². The quantitative estimate of drug-likeness (QED) is 0.782. The molecule has 0 saturated carbocycles. The van der Waals surface area contributed by atoms with E-state index >= 15 is 0 Å². The van der Waals surface area contributed by atoms with E-state index in [0.717, 1.165) is 24.4 Å². The van der Waals surface area contributed by atoms with Gasteiger partial charge in [-0.3, -0.25) is 0 Å². The minimum absolute atomic E-state index is 0.392. The van der Waals surface area contributed by atoms with Gasteiger partial charge in [0.2, 0.25) is 0 Å². The summed E-state index contributed by atoms with van der Waals surface area (Å²) in [4.78, 5) is 0. The van der Waals surface area contributed by atoms with Gasteiger partial charge in [0.25, 0.3) is 0 Å². The van der Waals surface area contributed by atoms with Crippen molar-refractivity contribution in [2.45, 2.75) is 32.7 Å². The van der Waals surface area contributed by atoms with Crippen LogP contribution in [0.3, 0.4) is 0 Å². The molecule has 14 heavy (non-hydrogen) atoms. The second kappa shape index (κ2) is 6.05. The van der Waals surface area contributed by atoms with E-state index < -0.39 is 0 Å². The molecule has 1 N–H and O–H groups in total. The van der Waals surface area contributed by atoms with Crippen LogP contribution in [0.15, 0.2) is 24.3 Å². The molecular weight excluding hydrogens is 194 g/mol. The maximum absolute atomic E-state index is 6.14. The second-order valence-electron chi connectivity index (χ2n) is 3.44. The van der Waals surface area contributed by atoms with Crippen molar-refractivity contribution in [3.63, 3.8) is 0 Å². The zero-order valence-electron chi connectivity index (χ0n) is 8.89. The lowest BCUT2D eigenvalue weighted by Gasteiger charge is -2.18. The Morgan fingerprint density at radius 2 is 2.00 bits per heavy atom. The van der Waals surface area contributed by atoms with Gasteiger partial charge in [-0.05, 0) is 31.0 Å². The van der Waals surface area contributed by atoms with Crippen LogP contribution < -0.4 is 5.32 Å². The molecule has 0 fully saturated rings. The zero-order valence-corrected chi connectivity index (χ0v) is 9.64. The minimum atomic E-state index is 0.392. The molecule has 0 radical (unpaired) electrons. The normalized spacial score (nSPS) is 12.8. The fourth-order valence-electron chi connectivity index (χ4n) is 1.55. The summed E-state index contributed by atoms with van der Waals surface area (Å²) >= 11 is 6.14. The SMILES string of the molecule is CCCN[C@H](CC)c1ccccc1Cl. The van der Waals surface area contributed by atoms with Crippen LogP contribution in [0, 0.1) is 0 Å².